The maximum Gasteiger partial charge on any atom is 0.119 e. The van der Waals surface area contributed by atoms with Crippen LogP contribution in [0.15, 0.2) is 36.5 Å². The fourth-order valence-electron chi connectivity index (χ4n) is 2.01. The summed E-state index contributed by atoms with van der Waals surface area (Å²) in [4.78, 5) is 0. The highest BCUT2D eigenvalue weighted by molar-refractivity contribution is 5.29. The van der Waals surface area contributed by atoms with Gasteiger partial charge in [0, 0.05) is 13.2 Å². The normalized spacial score (nSPS) is 12.4. The van der Waals surface area contributed by atoms with Crippen molar-refractivity contribution < 1.29 is 4.74 Å². The van der Waals surface area contributed by atoms with E-state index in [-0.39, 0.29) is 6.04 Å². The third-order valence-electron chi connectivity index (χ3n) is 3.01. The summed E-state index contributed by atoms with van der Waals surface area (Å²) in [7, 11) is 5.58. The zero-order chi connectivity index (χ0) is 13.0. The molecule has 18 heavy (non-hydrogen) atoms. The highest BCUT2D eigenvalue weighted by Crippen LogP contribution is 2.19. The number of likely N-dealkylation sites (N-methyl/N-ethyl adjacent to an activating group) is 1. The van der Waals surface area contributed by atoms with Gasteiger partial charge in [0.05, 0.1) is 18.8 Å². The number of hydrogen-bond donors (Lipinski definition) is 1. The lowest BCUT2D eigenvalue weighted by Gasteiger charge is -2.14. The van der Waals surface area contributed by atoms with Gasteiger partial charge in [-0.2, -0.15) is 5.10 Å². The fraction of sp³-hybridized carbons (Fsp3) is 0.357. The zero-order valence-corrected chi connectivity index (χ0v) is 11.1. The average molecular weight is 245 g/mol. The van der Waals surface area contributed by atoms with E-state index in [4.69, 9.17) is 4.74 Å². The van der Waals surface area contributed by atoms with Crippen molar-refractivity contribution in [1.82, 2.24) is 15.1 Å². The topological polar surface area (TPSA) is 39.1 Å². The molecule has 2 rings (SSSR count). The maximum absolute atomic E-state index is 5.24. The van der Waals surface area contributed by atoms with Gasteiger partial charge in [0.1, 0.15) is 5.75 Å². The van der Waals surface area contributed by atoms with Crippen LogP contribution >= 0.6 is 0 Å². The third-order valence-corrected chi connectivity index (χ3v) is 3.01. The van der Waals surface area contributed by atoms with Crippen molar-refractivity contribution in [2.75, 3.05) is 14.2 Å². The molecule has 1 aromatic heterocycles. The van der Waals surface area contributed by atoms with Crippen molar-refractivity contribution >= 4 is 0 Å². The Balaban J connectivity index is 2.14. The average Bonchev–Trinajstić information content (AvgIpc) is 2.82. The molecule has 0 saturated heterocycles. The number of nitrogens with zero attached hydrogens (tertiary/aromatic N) is 2. The van der Waals surface area contributed by atoms with Crippen molar-refractivity contribution in [1.29, 1.82) is 0 Å². The second-order valence-corrected chi connectivity index (χ2v) is 4.31. The van der Waals surface area contributed by atoms with Gasteiger partial charge in [0.2, 0.25) is 0 Å². The Morgan fingerprint density at radius 2 is 2.22 bits per heavy atom. The predicted octanol–water partition coefficient (Wildman–Crippen LogP) is 1.93. The van der Waals surface area contributed by atoms with Gasteiger partial charge >= 0.3 is 0 Å². The second-order valence-electron chi connectivity index (χ2n) is 4.31. The van der Waals surface area contributed by atoms with Crippen LogP contribution in [-0.2, 0) is 13.5 Å². The molecule has 0 aliphatic heterocycles. The molecule has 1 unspecified atom stereocenters. The van der Waals surface area contributed by atoms with E-state index < -0.39 is 0 Å². The van der Waals surface area contributed by atoms with Crippen LogP contribution in [0.4, 0.5) is 0 Å². The largest absolute Gasteiger partial charge is 0.497 e. The van der Waals surface area contributed by atoms with Gasteiger partial charge in [-0.05, 0) is 37.2 Å². The fourth-order valence-corrected chi connectivity index (χ4v) is 2.01. The number of benzene rings is 1. The summed E-state index contributed by atoms with van der Waals surface area (Å²) in [6.07, 6.45) is 2.86. The first-order valence-electron chi connectivity index (χ1n) is 6.02. The van der Waals surface area contributed by atoms with Crippen LogP contribution in [-0.4, -0.2) is 23.9 Å². The molecule has 4 nitrogen and oxygen atoms in total. The van der Waals surface area contributed by atoms with Crippen molar-refractivity contribution in [2.24, 2.45) is 7.05 Å². The van der Waals surface area contributed by atoms with Crippen molar-refractivity contribution in [2.45, 2.75) is 12.5 Å². The van der Waals surface area contributed by atoms with Crippen molar-refractivity contribution in [3.05, 3.63) is 47.8 Å². The first-order chi connectivity index (χ1) is 8.72. The Morgan fingerprint density at radius 1 is 1.39 bits per heavy atom. The Kier molecular flexibility index (Phi) is 3.99. The summed E-state index contributed by atoms with van der Waals surface area (Å²) in [5.41, 5.74) is 2.29. The van der Waals surface area contributed by atoms with Crippen LogP contribution in [0.25, 0.3) is 0 Å². The molecule has 96 valence electrons. The van der Waals surface area contributed by atoms with Crippen LogP contribution in [0, 0.1) is 0 Å². The maximum atomic E-state index is 5.24. The van der Waals surface area contributed by atoms with Crippen LogP contribution in [0.5, 0.6) is 5.75 Å². The Morgan fingerprint density at radius 3 is 2.83 bits per heavy atom. The van der Waals surface area contributed by atoms with Crippen molar-refractivity contribution in [3.8, 4) is 5.75 Å². The van der Waals surface area contributed by atoms with Crippen LogP contribution < -0.4 is 10.1 Å². The number of ether oxygens (including phenoxy) is 1. The van der Waals surface area contributed by atoms with Gasteiger partial charge in [0.15, 0.2) is 0 Å². The summed E-state index contributed by atoms with van der Waals surface area (Å²) < 4.78 is 7.06. The number of aromatic nitrogens is 2. The minimum atomic E-state index is 0.221. The summed E-state index contributed by atoms with van der Waals surface area (Å²) in [6.45, 7) is 0. The molecule has 0 aliphatic carbocycles. The number of rotatable bonds is 5. The molecule has 2 aromatic rings. The molecule has 0 aliphatic rings. The summed E-state index contributed by atoms with van der Waals surface area (Å²) in [6, 6.07) is 10.4. The van der Waals surface area contributed by atoms with Crippen LogP contribution in [0.1, 0.15) is 17.3 Å². The molecule has 1 aromatic carbocycles. The standard InChI is InChI=1S/C14H19N3O/c1-15-14(13-7-8-17(2)16-13)10-11-5-4-6-12(9-11)18-3/h4-9,14-15H,10H2,1-3H3. The molecule has 1 atom stereocenters. The van der Waals surface area contributed by atoms with Gasteiger partial charge in [-0.25, -0.2) is 0 Å². The van der Waals surface area contributed by atoms with E-state index in [1.165, 1.54) is 5.56 Å². The minimum Gasteiger partial charge on any atom is -0.497 e. The van der Waals surface area contributed by atoms with E-state index >= 15 is 0 Å². The van der Waals surface area contributed by atoms with Crippen LogP contribution in [0.2, 0.25) is 0 Å². The van der Waals surface area contributed by atoms with E-state index in [0.717, 1.165) is 17.9 Å². The van der Waals surface area contributed by atoms with Crippen LogP contribution in [0.3, 0.4) is 0 Å². The number of aryl methyl sites for hydroxylation is 1. The highest BCUT2D eigenvalue weighted by atomic mass is 16.5. The molecule has 0 amide bonds. The van der Waals surface area contributed by atoms with E-state index in [0.29, 0.717) is 0 Å². The SMILES string of the molecule is CNC(Cc1cccc(OC)c1)c1ccn(C)n1. The van der Waals surface area contributed by atoms with Gasteiger partial charge in [0.25, 0.3) is 0 Å². The Bertz CT molecular complexity index is 507. The smallest absolute Gasteiger partial charge is 0.119 e. The van der Waals surface area contributed by atoms with E-state index in [2.05, 4.69) is 22.5 Å². The van der Waals surface area contributed by atoms with Gasteiger partial charge in [-0.3, -0.25) is 4.68 Å². The molecular formula is C14H19N3O. The molecule has 0 fully saturated rings. The molecule has 0 bridgehead atoms. The van der Waals surface area contributed by atoms with Gasteiger partial charge < -0.3 is 10.1 Å². The lowest BCUT2D eigenvalue weighted by atomic mass is 10.0. The van der Waals surface area contributed by atoms with E-state index in [1.807, 2.05) is 43.2 Å². The van der Waals surface area contributed by atoms with Crippen molar-refractivity contribution in [3.63, 3.8) is 0 Å². The third kappa shape index (κ3) is 2.90. The lowest BCUT2D eigenvalue weighted by molar-refractivity contribution is 0.414. The number of methoxy groups -OCH3 is 1. The second kappa shape index (κ2) is 5.69. The quantitative estimate of drug-likeness (QED) is 0.875. The molecule has 0 radical (unpaired) electrons. The molecular weight excluding hydrogens is 226 g/mol. The lowest BCUT2D eigenvalue weighted by Crippen LogP contribution is -2.19. The first kappa shape index (κ1) is 12.6. The molecule has 4 heteroatoms. The Labute approximate surface area is 108 Å². The van der Waals surface area contributed by atoms with Gasteiger partial charge in [-0.15, -0.1) is 0 Å². The summed E-state index contributed by atoms with van der Waals surface area (Å²) >= 11 is 0. The zero-order valence-electron chi connectivity index (χ0n) is 11.1. The number of nitrogens with one attached hydrogen (secondary N) is 1. The van der Waals surface area contributed by atoms with E-state index in [1.54, 1.807) is 7.11 Å². The number of hydrogen-bond acceptors (Lipinski definition) is 3. The molecule has 0 saturated carbocycles. The highest BCUT2D eigenvalue weighted by Gasteiger charge is 2.13. The monoisotopic (exact) mass is 245 g/mol. The molecule has 1 heterocycles. The predicted molar refractivity (Wildman–Crippen MR) is 71.7 cm³/mol. The van der Waals surface area contributed by atoms with Gasteiger partial charge in [-0.1, -0.05) is 12.1 Å². The summed E-state index contributed by atoms with van der Waals surface area (Å²) in [5.74, 6) is 0.892. The molecule has 1 N–H and O–H groups in total. The minimum absolute atomic E-state index is 0.221. The molecule has 0 spiro atoms. The van der Waals surface area contributed by atoms with E-state index in [9.17, 15) is 0 Å². The first-order valence-corrected chi connectivity index (χ1v) is 6.02. The Hall–Kier alpha value is -1.81. The summed E-state index contributed by atoms with van der Waals surface area (Å²) in [5, 5.41) is 7.74.